The molecule has 0 aliphatic carbocycles. The summed E-state index contributed by atoms with van der Waals surface area (Å²) < 4.78 is 16.4. The smallest absolute Gasteiger partial charge is 0.374 e. The van der Waals surface area contributed by atoms with Crippen molar-refractivity contribution in [2.75, 3.05) is 26.4 Å². The number of rotatable bonds is 9. The second kappa shape index (κ2) is 7.75. The summed E-state index contributed by atoms with van der Waals surface area (Å²) in [5, 5.41) is 10.3. The van der Waals surface area contributed by atoms with E-state index in [1.807, 2.05) is 20.8 Å². The molecule has 0 unspecified atom stereocenters. The summed E-state index contributed by atoms with van der Waals surface area (Å²) in [5.41, 5.74) is 0. The molecule has 6 nitrogen and oxygen atoms in total. The average Bonchev–Trinajstić information content (AvgIpc) is 2.16. The Bertz CT molecular complexity index is 173. The normalized spacial score (nSPS) is 11.7. The molecule has 0 aromatic rings. The van der Waals surface area contributed by atoms with Gasteiger partial charge < -0.3 is 13.3 Å². The van der Waals surface area contributed by atoms with Gasteiger partial charge in [-0.2, -0.15) is 0 Å². The lowest BCUT2D eigenvalue weighted by atomic mass is 10.8. The fourth-order valence-electron chi connectivity index (χ4n) is 1.23. The van der Waals surface area contributed by atoms with E-state index in [9.17, 15) is 10.1 Å². The van der Waals surface area contributed by atoms with Crippen LogP contribution in [0.2, 0.25) is 6.04 Å². The first-order valence-electron chi connectivity index (χ1n) is 5.13. The van der Waals surface area contributed by atoms with Gasteiger partial charge in [0.15, 0.2) is 0 Å². The number of nitro groups is 1. The Kier molecular flexibility index (Phi) is 7.49. The zero-order valence-corrected chi connectivity index (χ0v) is 10.5. The van der Waals surface area contributed by atoms with Gasteiger partial charge in [-0.15, -0.1) is 0 Å². The molecule has 0 bridgehead atoms. The first kappa shape index (κ1) is 14.5. The summed E-state index contributed by atoms with van der Waals surface area (Å²) in [6.07, 6.45) is 0. The SMILES string of the molecule is CCO[Si](CC[N+](=O)[O-])(OCC)OCC. The van der Waals surface area contributed by atoms with Crippen molar-refractivity contribution in [3.05, 3.63) is 10.1 Å². The van der Waals surface area contributed by atoms with Crippen molar-refractivity contribution in [1.82, 2.24) is 0 Å². The van der Waals surface area contributed by atoms with Crippen LogP contribution in [0, 0.1) is 10.1 Å². The van der Waals surface area contributed by atoms with Crippen LogP contribution in [0.4, 0.5) is 0 Å². The van der Waals surface area contributed by atoms with Gasteiger partial charge in [-0.05, 0) is 20.8 Å². The minimum absolute atomic E-state index is 0.174. The Labute approximate surface area is 91.0 Å². The maximum absolute atomic E-state index is 10.3. The van der Waals surface area contributed by atoms with E-state index in [-0.39, 0.29) is 17.5 Å². The van der Waals surface area contributed by atoms with E-state index in [0.717, 1.165) is 0 Å². The third-order valence-corrected chi connectivity index (χ3v) is 4.71. The molecule has 0 spiro atoms. The molecule has 0 aromatic heterocycles. The highest BCUT2D eigenvalue weighted by Gasteiger charge is 2.41. The van der Waals surface area contributed by atoms with Crippen molar-refractivity contribution in [3.8, 4) is 0 Å². The third kappa shape index (κ3) is 5.83. The predicted octanol–water partition coefficient (Wildman–Crippen LogP) is 1.31. The van der Waals surface area contributed by atoms with Crippen LogP contribution < -0.4 is 0 Å². The summed E-state index contributed by atoms with van der Waals surface area (Å²) in [6, 6.07) is 0.232. The van der Waals surface area contributed by atoms with Crippen LogP contribution in [0.1, 0.15) is 20.8 Å². The van der Waals surface area contributed by atoms with Gasteiger partial charge in [0.25, 0.3) is 0 Å². The molecule has 0 amide bonds. The van der Waals surface area contributed by atoms with E-state index in [4.69, 9.17) is 13.3 Å². The zero-order chi connectivity index (χ0) is 11.7. The van der Waals surface area contributed by atoms with Gasteiger partial charge >= 0.3 is 8.80 Å². The monoisotopic (exact) mass is 237 g/mol. The van der Waals surface area contributed by atoms with Gasteiger partial charge in [-0.25, -0.2) is 0 Å². The lowest BCUT2D eigenvalue weighted by molar-refractivity contribution is -0.476. The molecular weight excluding hydrogens is 218 g/mol. The van der Waals surface area contributed by atoms with E-state index in [1.54, 1.807) is 0 Å². The van der Waals surface area contributed by atoms with Gasteiger partial charge in [0.05, 0.1) is 6.04 Å². The third-order valence-electron chi connectivity index (χ3n) is 1.69. The molecule has 0 rings (SSSR count). The van der Waals surface area contributed by atoms with Crippen LogP contribution in [-0.4, -0.2) is 40.1 Å². The van der Waals surface area contributed by atoms with Crippen LogP contribution in [-0.2, 0) is 13.3 Å². The van der Waals surface area contributed by atoms with Crippen LogP contribution in [0.25, 0.3) is 0 Å². The standard InChI is InChI=1S/C8H19NO5Si/c1-4-12-15(13-5-2,14-6-3)8-7-9(10)11/h4-8H2,1-3H3. The minimum Gasteiger partial charge on any atom is -0.374 e. The maximum atomic E-state index is 10.3. The predicted molar refractivity (Wildman–Crippen MR) is 57.3 cm³/mol. The molecule has 0 atom stereocenters. The van der Waals surface area contributed by atoms with Crippen molar-refractivity contribution >= 4 is 8.80 Å². The Morgan fingerprint density at radius 1 is 1.07 bits per heavy atom. The Balaban J connectivity index is 4.37. The summed E-state index contributed by atoms with van der Waals surface area (Å²) in [7, 11) is -2.80. The molecule has 0 aliphatic rings. The van der Waals surface area contributed by atoms with Crippen molar-refractivity contribution in [2.24, 2.45) is 0 Å². The second-order valence-corrected chi connectivity index (χ2v) is 5.52. The van der Waals surface area contributed by atoms with E-state index >= 15 is 0 Å². The van der Waals surface area contributed by atoms with E-state index in [1.165, 1.54) is 0 Å². The van der Waals surface area contributed by atoms with Crippen molar-refractivity contribution in [2.45, 2.75) is 26.8 Å². The highest BCUT2D eigenvalue weighted by molar-refractivity contribution is 6.60. The van der Waals surface area contributed by atoms with Gasteiger partial charge in [0.1, 0.15) is 0 Å². The Morgan fingerprint density at radius 3 is 1.73 bits per heavy atom. The van der Waals surface area contributed by atoms with Crippen molar-refractivity contribution in [3.63, 3.8) is 0 Å². The van der Waals surface area contributed by atoms with Gasteiger partial charge in [-0.3, -0.25) is 10.1 Å². The lowest BCUT2D eigenvalue weighted by Gasteiger charge is -2.26. The van der Waals surface area contributed by atoms with Crippen molar-refractivity contribution in [1.29, 1.82) is 0 Å². The summed E-state index contributed by atoms with van der Waals surface area (Å²) in [5.74, 6) is 0. The molecule has 0 saturated carbocycles. The molecule has 7 heteroatoms. The minimum atomic E-state index is -2.80. The Morgan fingerprint density at radius 2 is 1.47 bits per heavy atom. The molecule has 0 fully saturated rings. The second-order valence-electron chi connectivity index (χ2n) is 2.79. The summed E-state index contributed by atoms with van der Waals surface area (Å²) >= 11 is 0. The van der Waals surface area contributed by atoms with E-state index < -0.39 is 8.80 Å². The number of hydrogen-bond acceptors (Lipinski definition) is 5. The molecule has 0 radical (unpaired) electrons. The molecule has 0 saturated heterocycles. The van der Waals surface area contributed by atoms with Crippen LogP contribution in [0.15, 0.2) is 0 Å². The van der Waals surface area contributed by atoms with Crippen LogP contribution in [0.5, 0.6) is 0 Å². The first-order valence-corrected chi connectivity index (χ1v) is 7.07. The molecule has 0 aromatic carbocycles. The van der Waals surface area contributed by atoms with E-state index in [2.05, 4.69) is 0 Å². The average molecular weight is 237 g/mol. The Hall–Kier alpha value is -0.503. The largest absolute Gasteiger partial charge is 0.507 e. The van der Waals surface area contributed by atoms with Gasteiger partial charge in [-0.1, -0.05) is 0 Å². The number of hydrogen-bond donors (Lipinski definition) is 0. The first-order chi connectivity index (χ1) is 7.10. The molecule has 0 aliphatic heterocycles. The molecular formula is C8H19NO5Si. The van der Waals surface area contributed by atoms with Gasteiger partial charge in [0, 0.05) is 24.7 Å². The molecule has 0 N–H and O–H groups in total. The molecule has 90 valence electrons. The molecule has 15 heavy (non-hydrogen) atoms. The molecule has 0 heterocycles. The fourth-order valence-corrected chi connectivity index (χ4v) is 3.69. The zero-order valence-electron chi connectivity index (χ0n) is 9.52. The quantitative estimate of drug-likeness (QED) is 0.343. The summed E-state index contributed by atoms with van der Waals surface area (Å²) in [4.78, 5) is 9.94. The topological polar surface area (TPSA) is 70.8 Å². The fraction of sp³-hybridized carbons (Fsp3) is 1.00. The number of nitrogens with zero attached hydrogens (tertiary/aromatic N) is 1. The van der Waals surface area contributed by atoms with Crippen LogP contribution in [0.3, 0.4) is 0 Å². The highest BCUT2D eigenvalue weighted by Crippen LogP contribution is 2.15. The maximum Gasteiger partial charge on any atom is 0.507 e. The summed E-state index contributed by atoms with van der Waals surface area (Å²) in [6.45, 7) is 6.65. The van der Waals surface area contributed by atoms with Gasteiger partial charge in [0.2, 0.25) is 6.54 Å². The van der Waals surface area contributed by atoms with E-state index in [0.29, 0.717) is 19.8 Å². The highest BCUT2D eigenvalue weighted by atomic mass is 28.4. The van der Waals surface area contributed by atoms with Crippen LogP contribution >= 0.6 is 0 Å². The lowest BCUT2D eigenvalue weighted by Crippen LogP contribution is -2.47. The van der Waals surface area contributed by atoms with Crippen molar-refractivity contribution < 1.29 is 18.2 Å².